The Labute approximate surface area is 119 Å². The first-order valence-corrected chi connectivity index (χ1v) is 6.69. The molecule has 20 heavy (non-hydrogen) atoms. The van der Waals surface area contributed by atoms with Crippen LogP contribution in [0.4, 0.5) is 0 Å². The van der Waals surface area contributed by atoms with Crippen LogP contribution >= 0.6 is 0 Å². The quantitative estimate of drug-likeness (QED) is 0.620. The Hall–Kier alpha value is -1.97. The van der Waals surface area contributed by atoms with Crippen molar-refractivity contribution >= 4 is 5.78 Å². The zero-order valence-corrected chi connectivity index (χ0v) is 11.6. The van der Waals surface area contributed by atoms with Crippen molar-refractivity contribution in [3.8, 4) is 0 Å². The third-order valence-electron chi connectivity index (χ3n) is 3.11. The van der Waals surface area contributed by atoms with Crippen LogP contribution in [0.5, 0.6) is 0 Å². The van der Waals surface area contributed by atoms with Crippen molar-refractivity contribution in [3.05, 3.63) is 71.8 Å². The number of carbonyl (C=O) groups excluding carboxylic acids is 1. The minimum atomic E-state index is -0.339. The van der Waals surface area contributed by atoms with Gasteiger partial charge in [0.25, 0.3) is 0 Å². The molecule has 2 aromatic carbocycles. The third kappa shape index (κ3) is 3.76. The molecule has 3 nitrogen and oxygen atoms in total. The number of rotatable bonds is 7. The van der Waals surface area contributed by atoms with E-state index < -0.39 is 0 Å². The number of ether oxygens (including phenoxy) is 1. The van der Waals surface area contributed by atoms with Gasteiger partial charge >= 0.3 is 0 Å². The van der Waals surface area contributed by atoms with Crippen LogP contribution in [0, 0.1) is 0 Å². The van der Waals surface area contributed by atoms with Crippen LogP contribution in [0.15, 0.2) is 60.7 Å². The minimum Gasteiger partial charge on any atom is -0.383 e. The summed E-state index contributed by atoms with van der Waals surface area (Å²) in [7, 11) is 1.65. The van der Waals surface area contributed by atoms with E-state index in [1.54, 1.807) is 7.11 Å². The number of methoxy groups -OCH3 is 1. The zero-order chi connectivity index (χ0) is 14.2. The Morgan fingerprint density at radius 1 is 1.05 bits per heavy atom. The maximum Gasteiger partial charge on any atom is 0.184 e. The van der Waals surface area contributed by atoms with Gasteiger partial charge in [0.15, 0.2) is 5.78 Å². The Balaban J connectivity index is 2.20. The van der Waals surface area contributed by atoms with Gasteiger partial charge in [0.1, 0.15) is 0 Å². The van der Waals surface area contributed by atoms with Crippen LogP contribution in [0.1, 0.15) is 22.0 Å². The zero-order valence-electron chi connectivity index (χ0n) is 11.6. The Kier molecular flexibility index (Phi) is 5.47. The number of carbonyl (C=O) groups is 1. The predicted molar refractivity (Wildman–Crippen MR) is 79.8 cm³/mol. The Morgan fingerprint density at radius 2 is 1.65 bits per heavy atom. The number of ketones is 1. The highest BCUT2D eigenvalue weighted by molar-refractivity contribution is 6.00. The molecule has 0 aromatic heterocycles. The van der Waals surface area contributed by atoms with Crippen molar-refractivity contribution in [3.63, 3.8) is 0 Å². The van der Waals surface area contributed by atoms with Crippen LogP contribution in [0.2, 0.25) is 0 Å². The lowest BCUT2D eigenvalue weighted by atomic mass is 9.97. The van der Waals surface area contributed by atoms with E-state index in [0.29, 0.717) is 18.7 Å². The molecule has 0 aliphatic rings. The second-order valence-corrected chi connectivity index (χ2v) is 4.52. The molecule has 104 valence electrons. The van der Waals surface area contributed by atoms with Gasteiger partial charge in [0.05, 0.1) is 12.6 Å². The summed E-state index contributed by atoms with van der Waals surface area (Å²) >= 11 is 0. The maximum atomic E-state index is 12.6. The average Bonchev–Trinajstić information content (AvgIpc) is 2.53. The molecule has 1 N–H and O–H groups in total. The molecule has 0 bridgehead atoms. The maximum absolute atomic E-state index is 12.6. The summed E-state index contributed by atoms with van der Waals surface area (Å²) in [6.45, 7) is 1.21. The van der Waals surface area contributed by atoms with Crippen LogP contribution in [-0.2, 0) is 4.74 Å². The number of nitrogens with one attached hydrogen (secondary N) is 1. The standard InChI is InChI=1S/C17H19NO2/c1-20-13-12-18-16(14-8-4-2-5-9-14)17(19)15-10-6-3-7-11-15/h2-11,16,18H,12-13H2,1H3. The molecular weight excluding hydrogens is 250 g/mol. The first-order chi connectivity index (χ1) is 9.83. The van der Waals surface area contributed by atoms with E-state index in [0.717, 1.165) is 5.56 Å². The summed E-state index contributed by atoms with van der Waals surface area (Å²) in [5.41, 5.74) is 1.68. The van der Waals surface area contributed by atoms with Gasteiger partial charge in [-0.3, -0.25) is 4.79 Å². The van der Waals surface area contributed by atoms with Crippen molar-refractivity contribution < 1.29 is 9.53 Å². The second-order valence-electron chi connectivity index (χ2n) is 4.52. The Morgan fingerprint density at radius 3 is 2.25 bits per heavy atom. The lowest BCUT2D eigenvalue weighted by molar-refractivity contribution is 0.0936. The average molecular weight is 269 g/mol. The molecule has 2 aromatic rings. The topological polar surface area (TPSA) is 38.3 Å². The molecule has 0 saturated carbocycles. The van der Waals surface area contributed by atoms with E-state index >= 15 is 0 Å². The molecule has 1 atom stereocenters. The summed E-state index contributed by atoms with van der Waals surface area (Å²) in [5, 5.41) is 3.26. The fraction of sp³-hybridized carbons (Fsp3) is 0.235. The summed E-state index contributed by atoms with van der Waals surface area (Å²) in [6, 6.07) is 18.8. The summed E-state index contributed by atoms with van der Waals surface area (Å²) in [4.78, 5) is 12.6. The van der Waals surface area contributed by atoms with E-state index in [4.69, 9.17) is 4.74 Å². The number of hydrogen-bond acceptors (Lipinski definition) is 3. The van der Waals surface area contributed by atoms with Crippen molar-refractivity contribution in [1.82, 2.24) is 5.32 Å². The van der Waals surface area contributed by atoms with Gasteiger partial charge in [-0.05, 0) is 5.56 Å². The van der Waals surface area contributed by atoms with Gasteiger partial charge < -0.3 is 10.1 Å². The molecule has 2 rings (SSSR count). The highest BCUT2D eigenvalue weighted by Crippen LogP contribution is 2.18. The van der Waals surface area contributed by atoms with Crippen molar-refractivity contribution in [2.75, 3.05) is 20.3 Å². The molecule has 3 heteroatoms. The van der Waals surface area contributed by atoms with E-state index in [1.807, 2.05) is 60.7 Å². The van der Waals surface area contributed by atoms with Gasteiger partial charge in [-0.25, -0.2) is 0 Å². The summed E-state index contributed by atoms with van der Waals surface area (Å²) in [5.74, 6) is 0.0768. The van der Waals surface area contributed by atoms with Crippen molar-refractivity contribution in [2.24, 2.45) is 0 Å². The van der Waals surface area contributed by atoms with Crippen LogP contribution in [0.3, 0.4) is 0 Å². The van der Waals surface area contributed by atoms with Crippen LogP contribution in [0.25, 0.3) is 0 Å². The highest BCUT2D eigenvalue weighted by Gasteiger charge is 2.20. The Bertz CT molecular complexity index is 525. The fourth-order valence-corrected chi connectivity index (χ4v) is 2.08. The first kappa shape index (κ1) is 14.4. The van der Waals surface area contributed by atoms with Crippen LogP contribution in [-0.4, -0.2) is 26.0 Å². The fourth-order valence-electron chi connectivity index (χ4n) is 2.08. The molecule has 0 aliphatic heterocycles. The van der Waals surface area contributed by atoms with E-state index in [9.17, 15) is 4.79 Å². The van der Waals surface area contributed by atoms with Gasteiger partial charge in [0.2, 0.25) is 0 Å². The summed E-state index contributed by atoms with van der Waals surface area (Å²) in [6.07, 6.45) is 0. The monoisotopic (exact) mass is 269 g/mol. The summed E-state index contributed by atoms with van der Waals surface area (Å²) < 4.78 is 5.04. The number of benzene rings is 2. The van der Waals surface area contributed by atoms with Gasteiger partial charge in [-0.15, -0.1) is 0 Å². The second kappa shape index (κ2) is 7.58. The molecule has 0 heterocycles. The lowest BCUT2D eigenvalue weighted by Gasteiger charge is -2.18. The highest BCUT2D eigenvalue weighted by atomic mass is 16.5. The van der Waals surface area contributed by atoms with Crippen molar-refractivity contribution in [1.29, 1.82) is 0 Å². The predicted octanol–water partition coefficient (Wildman–Crippen LogP) is 2.85. The first-order valence-electron chi connectivity index (χ1n) is 6.69. The number of Topliss-reactive ketones (excluding diaryl/α,β-unsaturated/α-hetero) is 1. The number of hydrogen-bond donors (Lipinski definition) is 1. The minimum absolute atomic E-state index is 0.0768. The van der Waals surface area contributed by atoms with Gasteiger partial charge in [-0.2, -0.15) is 0 Å². The normalized spacial score (nSPS) is 12.1. The molecule has 1 unspecified atom stereocenters. The van der Waals surface area contributed by atoms with E-state index in [1.165, 1.54) is 0 Å². The van der Waals surface area contributed by atoms with E-state index in [2.05, 4.69) is 5.32 Å². The molecule has 0 spiro atoms. The molecule has 0 saturated heterocycles. The molecular formula is C17H19NO2. The van der Waals surface area contributed by atoms with Crippen LogP contribution < -0.4 is 5.32 Å². The molecule has 0 radical (unpaired) electrons. The third-order valence-corrected chi connectivity index (χ3v) is 3.11. The van der Waals surface area contributed by atoms with E-state index in [-0.39, 0.29) is 11.8 Å². The largest absolute Gasteiger partial charge is 0.383 e. The molecule has 0 fully saturated rings. The molecule has 0 aliphatic carbocycles. The smallest absolute Gasteiger partial charge is 0.184 e. The SMILES string of the molecule is COCCNC(C(=O)c1ccccc1)c1ccccc1. The lowest BCUT2D eigenvalue weighted by Crippen LogP contribution is -2.31. The van der Waals surface area contributed by atoms with Crippen molar-refractivity contribution in [2.45, 2.75) is 6.04 Å². The van der Waals surface area contributed by atoms with Gasteiger partial charge in [0, 0.05) is 19.2 Å². The van der Waals surface area contributed by atoms with Gasteiger partial charge in [-0.1, -0.05) is 60.7 Å². The molecule has 0 amide bonds.